The first-order valence-corrected chi connectivity index (χ1v) is 9.90. The van der Waals surface area contributed by atoms with Crippen LogP contribution in [0.15, 0.2) is 54.6 Å². The van der Waals surface area contributed by atoms with E-state index in [0.29, 0.717) is 17.9 Å². The molecule has 0 unspecified atom stereocenters. The molecule has 0 saturated carbocycles. The molecule has 3 N–H and O–H groups in total. The highest BCUT2D eigenvalue weighted by molar-refractivity contribution is 7.90. The Balaban J connectivity index is 0.00000338. The van der Waals surface area contributed by atoms with Crippen molar-refractivity contribution in [1.29, 1.82) is 0 Å². The lowest BCUT2D eigenvalue weighted by Crippen LogP contribution is -2.37. The minimum absolute atomic E-state index is 0. The van der Waals surface area contributed by atoms with Crippen LogP contribution in [-0.2, 0) is 21.1 Å². The Labute approximate surface area is 160 Å². The number of carbonyl (C=O) groups excluding carboxylic acids is 1. The minimum Gasteiger partial charge on any atom is -0.492 e. The second kappa shape index (κ2) is 10.2. The molecule has 1 amide bonds. The average Bonchev–Trinajstić information content (AvgIpc) is 2.55. The molecular formula is C18H23ClN2O4S. The summed E-state index contributed by atoms with van der Waals surface area (Å²) >= 11 is 0. The van der Waals surface area contributed by atoms with Gasteiger partial charge >= 0.3 is 0 Å². The van der Waals surface area contributed by atoms with Crippen molar-refractivity contribution in [2.24, 2.45) is 5.73 Å². The van der Waals surface area contributed by atoms with Crippen LogP contribution < -0.4 is 15.8 Å². The molecule has 0 aliphatic rings. The first-order valence-electron chi connectivity index (χ1n) is 7.84. The summed E-state index contributed by atoms with van der Waals surface area (Å²) in [4.78, 5) is 12.2. The third-order valence-electron chi connectivity index (χ3n) is 3.46. The topological polar surface area (TPSA) is 98.5 Å². The van der Waals surface area contributed by atoms with Crippen LogP contribution in [0.1, 0.15) is 5.56 Å². The lowest BCUT2D eigenvalue weighted by Gasteiger charge is -2.13. The summed E-state index contributed by atoms with van der Waals surface area (Å²) in [7, 11) is -3.08. The van der Waals surface area contributed by atoms with Crippen molar-refractivity contribution in [2.45, 2.75) is 12.5 Å². The maximum absolute atomic E-state index is 12.2. The summed E-state index contributed by atoms with van der Waals surface area (Å²) in [6.07, 6.45) is 1.60. The van der Waals surface area contributed by atoms with Crippen LogP contribution in [-0.4, -0.2) is 39.0 Å². The zero-order valence-electron chi connectivity index (χ0n) is 14.4. The van der Waals surface area contributed by atoms with Gasteiger partial charge in [0.15, 0.2) is 9.84 Å². The number of ether oxygens (including phenoxy) is 1. The molecule has 6 nitrogen and oxygen atoms in total. The molecule has 0 bridgehead atoms. The van der Waals surface area contributed by atoms with E-state index in [2.05, 4.69) is 5.32 Å². The standard InChI is InChI=1S/C18H22N2O4S.ClH/c1-25(22,23)11-10-24-16-9-5-8-15(13-16)20-18(21)17(19)12-14-6-3-2-4-7-14;/h2-9,13,17H,10-12,19H2,1H3,(H,20,21);1H/t17-;/m0./s1. The van der Waals surface area contributed by atoms with Gasteiger partial charge in [-0.2, -0.15) is 0 Å². The molecule has 0 spiro atoms. The molecule has 0 radical (unpaired) electrons. The Hall–Kier alpha value is -2.09. The monoisotopic (exact) mass is 398 g/mol. The van der Waals surface area contributed by atoms with Crippen molar-refractivity contribution < 1.29 is 17.9 Å². The van der Waals surface area contributed by atoms with E-state index in [9.17, 15) is 13.2 Å². The number of hydrogen-bond donors (Lipinski definition) is 2. The van der Waals surface area contributed by atoms with Gasteiger partial charge in [0.25, 0.3) is 0 Å². The van der Waals surface area contributed by atoms with Crippen LogP contribution in [0, 0.1) is 0 Å². The predicted octanol–water partition coefficient (Wildman–Crippen LogP) is 2.04. The average molecular weight is 399 g/mol. The first-order chi connectivity index (χ1) is 11.8. The van der Waals surface area contributed by atoms with Gasteiger partial charge in [0.2, 0.25) is 5.91 Å². The lowest BCUT2D eigenvalue weighted by molar-refractivity contribution is -0.117. The number of anilines is 1. The molecule has 0 aliphatic heterocycles. The van der Waals surface area contributed by atoms with E-state index in [1.165, 1.54) is 0 Å². The molecule has 142 valence electrons. The van der Waals surface area contributed by atoms with Crippen molar-refractivity contribution in [1.82, 2.24) is 0 Å². The first kappa shape index (κ1) is 22.0. The molecule has 0 aromatic heterocycles. The molecule has 0 aliphatic carbocycles. The lowest BCUT2D eigenvalue weighted by atomic mass is 10.1. The molecule has 26 heavy (non-hydrogen) atoms. The van der Waals surface area contributed by atoms with E-state index in [0.717, 1.165) is 11.8 Å². The summed E-state index contributed by atoms with van der Waals surface area (Å²) in [5.74, 6) is 0.126. The molecule has 2 aromatic carbocycles. The quantitative estimate of drug-likeness (QED) is 0.709. The van der Waals surface area contributed by atoms with Crippen LogP contribution in [0.4, 0.5) is 5.69 Å². The zero-order valence-corrected chi connectivity index (χ0v) is 16.1. The zero-order chi connectivity index (χ0) is 18.3. The second-order valence-electron chi connectivity index (χ2n) is 5.79. The van der Waals surface area contributed by atoms with E-state index in [-0.39, 0.29) is 30.7 Å². The number of sulfone groups is 1. The van der Waals surface area contributed by atoms with Crippen LogP contribution in [0.2, 0.25) is 0 Å². The molecule has 0 fully saturated rings. The van der Waals surface area contributed by atoms with E-state index in [1.54, 1.807) is 24.3 Å². The Morgan fingerprint density at radius 3 is 2.50 bits per heavy atom. The van der Waals surface area contributed by atoms with Gasteiger partial charge in [-0.05, 0) is 24.1 Å². The number of carbonyl (C=O) groups is 1. The fourth-order valence-corrected chi connectivity index (χ4v) is 2.56. The number of hydrogen-bond acceptors (Lipinski definition) is 5. The molecule has 8 heteroatoms. The number of benzene rings is 2. The normalized spacial score (nSPS) is 11.9. The third kappa shape index (κ3) is 7.86. The highest BCUT2D eigenvalue weighted by Crippen LogP contribution is 2.17. The summed E-state index contributed by atoms with van der Waals surface area (Å²) in [5.41, 5.74) is 7.49. The van der Waals surface area contributed by atoms with Gasteiger partial charge < -0.3 is 15.8 Å². The molecule has 0 saturated heterocycles. The van der Waals surface area contributed by atoms with Crippen LogP contribution in [0.3, 0.4) is 0 Å². The summed E-state index contributed by atoms with van der Waals surface area (Å²) < 4.78 is 27.6. The SMILES string of the molecule is CS(=O)(=O)CCOc1cccc(NC(=O)[C@@H](N)Cc2ccccc2)c1.Cl. The highest BCUT2D eigenvalue weighted by Gasteiger charge is 2.14. The maximum atomic E-state index is 12.2. The van der Waals surface area contributed by atoms with Gasteiger partial charge in [0.1, 0.15) is 12.4 Å². The van der Waals surface area contributed by atoms with E-state index in [4.69, 9.17) is 10.5 Å². The number of nitrogens with two attached hydrogens (primary N) is 1. The predicted molar refractivity (Wildman–Crippen MR) is 106 cm³/mol. The van der Waals surface area contributed by atoms with Crippen molar-refractivity contribution in [3.05, 3.63) is 60.2 Å². The fourth-order valence-electron chi connectivity index (χ4n) is 2.17. The Morgan fingerprint density at radius 2 is 1.85 bits per heavy atom. The molecule has 0 heterocycles. The van der Waals surface area contributed by atoms with Gasteiger partial charge in [-0.1, -0.05) is 36.4 Å². The van der Waals surface area contributed by atoms with E-state index < -0.39 is 15.9 Å². The maximum Gasteiger partial charge on any atom is 0.241 e. The fraction of sp³-hybridized carbons (Fsp3) is 0.278. The molecular weight excluding hydrogens is 376 g/mol. The summed E-state index contributed by atoms with van der Waals surface area (Å²) in [6.45, 7) is 0.0593. The van der Waals surface area contributed by atoms with Crippen LogP contribution >= 0.6 is 12.4 Å². The van der Waals surface area contributed by atoms with Crippen molar-refractivity contribution in [3.63, 3.8) is 0 Å². The molecule has 1 atom stereocenters. The van der Waals surface area contributed by atoms with Gasteiger partial charge in [-0.25, -0.2) is 8.42 Å². The number of rotatable bonds is 8. The van der Waals surface area contributed by atoms with Gasteiger partial charge in [0.05, 0.1) is 11.8 Å². The largest absolute Gasteiger partial charge is 0.492 e. The van der Waals surface area contributed by atoms with Crippen LogP contribution in [0.25, 0.3) is 0 Å². The third-order valence-corrected chi connectivity index (χ3v) is 4.37. The molecule has 2 rings (SSSR count). The number of halogens is 1. The van der Waals surface area contributed by atoms with Crippen molar-refractivity contribution >= 4 is 33.8 Å². The van der Waals surface area contributed by atoms with Crippen molar-refractivity contribution in [2.75, 3.05) is 23.9 Å². The number of nitrogens with one attached hydrogen (secondary N) is 1. The van der Waals surface area contributed by atoms with E-state index >= 15 is 0 Å². The summed E-state index contributed by atoms with van der Waals surface area (Å²) in [6, 6.07) is 15.6. The minimum atomic E-state index is -3.08. The Kier molecular flexibility index (Phi) is 8.57. The van der Waals surface area contributed by atoms with Crippen LogP contribution in [0.5, 0.6) is 5.75 Å². The number of amides is 1. The Bertz CT molecular complexity index is 813. The second-order valence-corrected chi connectivity index (χ2v) is 8.05. The van der Waals surface area contributed by atoms with Crippen molar-refractivity contribution in [3.8, 4) is 5.75 Å². The highest BCUT2D eigenvalue weighted by atomic mass is 35.5. The van der Waals surface area contributed by atoms with Gasteiger partial charge in [0, 0.05) is 18.0 Å². The van der Waals surface area contributed by atoms with E-state index in [1.807, 2.05) is 30.3 Å². The molecule has 2 aromatic rings. The van der Waals surface area contributed by atoms with Gasteiger partial charge in [-0.15, -0.1) is 12.4 Å². The summed E-state index contributed by atoms with van der Waals surface area (Å²) in [5, 5.41) is 2.75. The van der Waals surface area contributed by atoms with Gasteiger partial charge in [-0.3, -0.25) is 4.79 Å². The Morgan fingerprint density at radius 1 is 1.15 bits per heavy atom. The smallest absolute Gasteiger partial charge is 0.241 e.